The predicted molar refractivity (Wildman–Crippen MR) is 74.8 cm³/mol. The molecule has 18 heavy (non-hydrogen) atoms. The van der Waals surface area contributed by atoms with Crippen molar-refractivity contribution in [2.75, 3.05) is 0 Å². The first-order valence-electron chi connectivity index (χ1n) is 6.57. The highest BCUT2D eigenvalue weighted by molar-refractivity contribution is 6.30. The number of halogens is 1. The van der Waals surface area contributed by atoms with Gasteiger partial charge in [-0.3, -0.25) is 4.79 Å². The summed E-state index contributed by atoms with van der Waals surface area (Å²) in [6.45, 7) is 1.67. The fraction of sp³-hybridized carbons (Fsp3) is 0.533. The predicted octanol–water partition coefficient (Wildman–Crippen LogP) is 3.53. The van der Waals surface area contributed by atoms with Crippen molar-refractivity contribution in [3.63, 3.8) is 0 Å². The number of hydrogen-bond donors (Lipinski definition) is 1. The molecule has 1 aliphatic rings. The molecule has 2 nitrogen and oxygen atoms in total. The van der Waals surface area contributed by atoms with E-state index in [1.54, 1.807) is 6.92 Å². The Hall–Kier alpha value is -0.860. The molecule has 0 aliphatic heterocycles. The minimum atomic E-state index is -0.00225. The van der Waals surface area contributed by atoms with Gasteiger partial charge in [0.05, 0.1) is 0 Å². The topological polar surface area (TPSA) is 43.1 Å². The molecule has 0 bridgehead atoms. The number of Topliss-reactive ketones (excluding diaryl/α,β-unsaturated/α-hetero) is 1. The minimum Gasteiger partial charge on any atom is -0.328 e. The van der Waals surface area contributed by atoms with Gasteiger partial charge in [-0.2, -0.15) is 0 Å². The smallest absolute Gasteiger partial charge is 0.137 e. The van der Waals surface area contributed by atoms with E-state index in [4.69, 9.17) is 17.3 Å². The average molecular weight is 266 g/mol. The number of carbonyl (C=O) groups excluding carboxylic acids is 1. The minimum absolute atomic E-state index is 0.00225. The number of carbonyl (C=O) groups is 1. The Balaban J connectivity index is 2.08. The lowest BCUT2D eigenvalue weighted by molar-refractivity contribution is -0.118. The van der Waals surface area contributed by atoms with Gasteiger partial charge in [-0.25, -0.2) is 0 Å². The molecule has 1 saturated carbocycles. The van der Waals surface area contributed by atoms with Gasteiger partial charge in [0.25, 0.3) is 0 Å². The number of rotatable bonds is 4. The maximum Gasteiger partial charge on any atom is 0.137 e. The molecule has 3 heteroatoms. The van der Waals surface area contributed by atoms with Gasteiger partial charge in [-0.1, -0.05) is 23.7 Å². The summed E-state index contributed by atoms with van der Waals surface area (Å²) in [5, 5.41) is 0.712. The number of hydrogen-bond acceptors (Lipinski definition) is 2. The highest BCUT2D eigenvalue weighted by Crippen LogP contribution is 2.34. The van der Waals surface area contributed by atoms with Crippen LogP contribution in [0.4, 0.5) is 0 Å². The van der Waals surface area contributed by atoms with Gasteiger partial charge in [0.2, 0.25) is 0 Å². The second-order valence-corrected chi connectivity index (χ2v) is 5.83. The Morgan fingerprint density at radius 3 is 2.56 bits per heavy atom. The van der Waals surface area contributed by atoms with E-state index in [1.165, 1.54) is 0 Å². The molecule has 1 unspecified atom stereocenters. The molecule has 2 N–H and O–H groups in total. The molecule has 0 amide bonds. The van der Waals surface area contributed by atoms with Crippen LogP contribution in [-0.4, -0.2) is 11.8 Å². The largest absolute Gasteiger partial charge is 0.328 e. The molecule has 0 heterocycles. The third-order valence-electron chi connectivity index (χ3n) is 3.91. The van der Waals surface area contributed by atoms with Crippen LogP contribution in [0.25, 0.3) is 0 Å². The summed E-state index contributed by atoms with van der Waals surface area (Å²) in [5.74, 6) is 0.819. The summed E-state index contributed by atoms with van der Waals surface area (Å²) >= 11 is 5.88. The van der Waals surface area contributed by atoms with Crippen LogP contribution >= 0.6 is 11.6 Å². The van der Waals surface area contributed by atoms with Crippen LogP contribution in [0, 0.1) is 5.92 Å². The lowest BCUT2D eigenvalue weighted by Crippen LogP contribution is -2.17. The summed E-state index contributed by atoms with van der Waals surface area (Å²) in [5.41, 5.74) is 7.01. The van der Waals surface area contributed by atoms with Crippen molar-refractivity contribution in [2.24, 2.45) is 11.7 Å². The molecule has 1 aliphatic carbocycles. The Kier molecular flexibility index (Phi) is 4.41. The van der Waals surface area contributed by atoms with Crippen LogP contribution in [0.15, 0.2) is 24.3 Å². The van der Waals surface area contributed by atoms with Crippen LogP contribution < -0.4 is 5.73 Å². The maximum atomic E-state index is 11.8. The SMILES string of the molecule is CC(=O)[C@@H](CC1CC[C@@H](N)C1)c1ccc(Cl)cc1. The van der Waals surface area contributed by atoms with E-state index in [1.807, 2.05) is 24.3 Å². The van der Waals surface area contributed by atoms with Gasteiger partial charge in [0.1, 0.15) is 5.78 Å². The van der Waals surface area contributed by atoms with Crippen LogP contribution in [0.3, 0.4) is 0 Å². The van der Waals surface area contributed by atoms with E-state index in [0.29, 0.717) is 17.0 Å². The van der Waals surface area contributed by atoms with E-state index in [9.17, 15) is 4.79 Å². The lowest BCUT2D eigenvalue weighted by Gasteiger charge is -2.18. The van der Waals surface area contributed by atoms with Crippen LogP contribution in [0.2, 0.25) is 5.02 Å². The van der Waals surface area contributed by atoms with Crippen molar-refractivity contribution in [2.45, 2.75) is 44.6 Å². The third kappa shape index (κ3) is 3.33. The van der Waals surface area contributed by atoms with E-state index in [-0.39, 0.29) is 11.7 Å². The first-order chi connectivity index (χ1) is 8.56. The van der Waals surface area contributed by atoms with E-state index >= 15 is 0 Å². The van der Waals surface area contributed by atoms with Gasteiger partial charge >= 0.3 is 0 Å². The van der Waals surface area contributed by atoms with Gasteiger partial charge in [0.15, 0.2) is 0 Å². The summed E-state index contributed by atoms with van der Waals surface area (Å²) in [4.78, 5) is 11.8. The third-order valence-corrected chi connectivity index (χ3v) is 4.17. The zero-order valence-corrected chi connectivity index (χ0v) is 11.5. The number of benzene rings is 1. The van der Waals surface area contributed by atoms with Crippen LogP contribution in [0.5, 0.6) is 0 Å². The number of ketones is 1. The van der Waals surface area contributed by atoms with Gasteiger partial charge in [-0.15, -0.1) is 0 Å². The van der Waals surface area contributed by atoms with Crippen molar-refractivity contribution in [1.29, 1.82) is 0 Å². The van der Waals surface area contributed by atoms with Gasteiger partial charge in [-0.05, 0) is 56.2 Å². The van der Waals surface area contributed by atoms with E-state index in [2.05, 4.69) is 0 Å². The average Bonchev–Trinajstić information content (AvgIpc) is 2.73. The van der Waals surface area contributed by atoms with Crippen molar-refractivity contribution in [3.05, 3.63) is 34.9 Å². The van der Waals surface area contributed by atoms with Gasteiger partial charge in [0, 0.05) is 17.0 Å². The van der Waals surface area contributed by atoms with Crippen LogP contribution in [0.1, 0.15) is 44.1 Å². The Labute approximate surface area is 114 Å². The summed E-state index contributed by atoms with van der Waals surface area (Å²) in [7, 11) is 0. The molecule has 0 saturated heterocycles. The Morgan fingerprint density at radius 2 is 2.06 bits per heavy atom. The molecule has 98 valence electrons. The second-order valence-electron chi connectivity index (χ2n) is 5.39. The molecule has 1 aromatic rings. The van der Waals surface area contributed by atoms with Crippen molar-refractivity contribution >= 4 is 17.4 Å². The standard InChI is InChI=1S/C15H20ClNO/c1-10(18)15(9-11-2-7-14(17)8-11)12-3-5-13(16)6-4-12/h3-6,11,14-15H,2,7-9,17H2,1H3/t11?,14-,15-/m1/s1. The zero-order valence-electron chi connectivity index (χ0n) is 10.7. The Morgan fingerprint density at radius 1 is 1.39 bits per heavy atom. The lowest BCUT2D eigenvalue weighted by atomic mass is 9.85. The number of nitrogens with two attached hydrogens (primary N) is 1. The first kappa shape index (κ1) is 13.6. The summed E-state index contributed by atoms with van der Waals surface area (Å²) in [6, 6.07) is 7.96. The monoisotopic (exact) mass is 265 g/mol. The second kappa shape index (κ2) is 5.85. The molecular formula is C15H20ClNO. The molecular weight excluding hydrogens is 246 g/mol. The van der Waals surface area contributed by atoms with E-state index in [0.717, 1.165) is 31.2 Å². The fourth-order valence-corrected chi connectivity index (χ4v) is 3.02. The highest BCUT2D eigenvalue weighted by Gasteiger charge is 2.27. The Bertz CT molecular complexity index is 415. The van der Waals surface area contributed by atoms with Crippen molar-refractivity contribution < 1.29 is 4.79 Å². The van der Waals surface area contributed by atoms with Crippen molar-refractivity contribution in [1.82, 2.24) is 0 Å². The maximum absolute atomic E-state index is 11.8. The fourth-order valence-electron chi connectivity index (χ4n) is 2.89. The molecule has 0 spiro atoms. The van der Waals surface area contributed by atoms with E-state index < -0.39 is 0 Å². The summed E-state index contributed by atoms with van der Waals surface area (Å²) < 4.78 is 0. The molecule has 3 atom stereocenters. The first-order valence-corrected chi connectivity index (χ1v) is 6.95. The molecule has 0 radical (unpaired) electrons. The molecule has 2 rings (SSSR count). The zero-order chi connectivity index (χ0) is 13.1. The van der Waals surface area contributed by atoms with Gasteiger partial charge < -0.3 is 5.73 Å². The molecule has 1 fully saturated rings. The molecule has 1 aromatic carbocycles. The molecule has 0 aromatic heterocycles. The highest BCUT2D eigenvalue weighted by atomic mass is 35.5. The van der Waals surface area contributed by atoms with Crippen molar-refractivity contribution in [3.8, 4) is 0 Å². The quantitative estimate of drug-likeness (QED) is 0.905. The normalized spacial score (nSPS) is 25.1. The van der Waals surface area contributed by atoms with Crippen LogP contribution in [-0.2, 0) is 4.79 Å². The summed E-state index contributed by atoms with van der Waals surface area (Å²) in [6.07, 6.45) is 4.22.